The van der Waals surface area contributed by atoms with Gasteiger partial charge in [0.1, 0.15) is 12.2 Å². The lowest BCUT2D eigenvalue weighted by molar-refractivity contribution is -0.317. The van der Waals surface area contributed by atoms with Crippen LogP contribution >= 0.6 is 0 Å². The van der Waals surface area contributed by atoms with Gasteiger partial charge in [-0.15, -0.1) is 0 Å². The molecule has 0 unspecified atom stereocenters. The van der Waals surface area contributed by atoms with Gasteiger partial charge >= 0.3 is 0 Å². The molecule has 0 radical (unpaired) electrons. The first-order valence-corrected chi connectivity index (χ1v) is 3.61. The summed E-state index contributed by atoms with van der Waals surface area (Å²) in [6.45, 7) is -0.577. The maximum absolute atomic E-state index is 9.21. The highest BCUT2D eigenvalue weighted by molar-refractivity contribution is 4.93. The first kappa shape index (κ1) is 9.85. The molecule has 12 heavy (non-hydrogen) atoms. The molecule has 0 aromatic rings. The monoisotopic (exact) mass is 179 g/mol. The van der Waals surface area contributed by atoms with Crippen molar-refractivity contribution in [2.45, 2.75) is 24.0 Å². The van der Waals surface area contributed by atoms with Crippen molar-refractivity contribution < 1.29 is 25.2 Å². The van der Waals surface area contributed by atoms with Crippen molar-refractivity contribution >= 4 is 0 Å². The van der Waals surface area contributed by atoms with Crippen molar-refractivity contribution in [2.24, 2.45) is 5.73 Å². The van der Waals surface area contributed by atoms with E-state index in [1.165, 1.54) is 0 Å². The van der Waals surface area contributed by atoms with Crippen LogP contribution in [0.4, 0.5) is 0 Å². The minimum atomic E-state index is -2.47. The third-order valence-electron chi connectivity index (χ3n) is 1.97. The number of ether oxygens (including phenoxy) is 1. The lowest BCUT2D eigenvalue weighted by Gasteiger charge is -2.41. The molecule has 0 spiro atoms. The molecular formula is C6H13NO5. The first-order valence-electron chi connectivity index (χ1n) is 3.61. The van der Waals surface area contributed by atoms with Gasteiger partial charge in [0.25, 0.3) is 0 Å². The quantitative estimate of drug-likeness (QED) is 0.270. The summed E-state index contributed by atoms with van der Waals surface area (Å²) in [7, 11) is 0. The van der Waals surface area contributed by atoms with E-state index in [-0.39, 0.29) is 6.61 Å². The zero-order valence-corrected chi connectivity index (χ0v) is 6.42. The predicted molar refractivity (Wildman–Crippen MR) is 38.0 cm³/mol. The Hall–Kier alpha value is -0.240. The Bertz CT molecular complexity index is 158. The molecule has 0 amide bonds. The van der Waals surface area contributed by atoms with Crippen LogP contribution in [0.2, 0.25) is 0 Å². The molecule has 3 atom stereocenters. The fraction of sp³-hybridized carbons (Fsp3) is 1.00. The summed E-state index contributed by atoms with van der Waals surface area (Å²) >= 11 is 0. The van der Waals surface area contributed by atoms with Gasteiger partial charge in [0.2, 0.25) is 5.79 Å². The van der Waals surface area contributed by atoms with Crippen LogP contribution in [0.1, 0.15) is 0 Å². The van der Waals surface area contributed by atoms with Gasteiger partial charge in [0, 0.05) is 0 Å². The Balaban J connectivity index is 2.73. The van der Waals surface area contributed by atoms with Crippen LogP contribution in [0.15, 0.2) is 0 Å². The Morgan fingerprint density at radius 3 is 2.58 bits per heavy atom. The van der Waals surface area contributed by atoms with Gasteiger partial charge in [0.05, 0.1) is 19.3 Å². The first-order chi connectivity index (χ1) is 5.50. The third kappa shape index (κ3) is 1.45. The number of rotatable bonds is 1. The van der Waals surface area contributed by atoms with Crippen molar-refractivity contribution in [3.05, 3.63) is 0 Å². The van der Waals surface area contributed by atoms with E-state index in [9.17, 15) is 15.3 Å². The largest absolute Gasteiger partial charge is 0.393 e. The number of hydrogen-bond acceptors (Lipinski definition) is 6. The minimum absolute atomic E-state index is 0.00470. The smallest absolute Gasteiger partial charge is 0.220 e. The fourth-order valence-corrected chi connectivity index (χ4v) is 1.13. The van der Waals surface area contributed by atoms with E-state index in [1.807, 2.05) is 0 Å². The van der Waals surface area contributed by atoms with E-state index in [0.29, 0.717) is 0 Å². The van der Waals surface area contributed by atoms with Gasteiger partial charge in [-0.05, 0) is 0 Å². The van der Waals surface area contributed by atoms with E-state index >= 15 is 0 Å². The fourth-order valence-electron chi connectivity index (χ4n) is 1.13. The molecule has 1 heterocycles. The summed E-state index contributed by atoms with van der Waals surface area (Å²) in [5, 5.41) is 36.3. The summed E-state index contributed by atoms with van der Waals surface area (Å²) in [5.41, 5.74) is 5.29. The molecule has 0 aromatic heterocycles. The summed E-state index contributed by atoms with van der Waals surface area (Å²) in [4.78, 5) is 0. The third-order valence-corrected chi connectivity index (χ3v) is 1.97. The van der Waals surface area contributed by atoms with E-state index in [2.05, 4.69) is 0 Å². The van der Waals surface area contributed by atoms with Crippen LogP contribution in [0.25, 0.3) is 0 Å². The average molecular weight is 179 g/mol. The second-order valence-corrected chi connectivity index (χ2v) is 2.90. The number of hydrogen-bond donors (Lipinski definition) is 5. The molecule has 0 saturated carbocycles. The number of aliphatic hydroxyl groups is 4. The molecule has 6 nitrogen and oxygen atoms in total. The molecule has 0 aliphatic carbocycles. The molecule has 1 saturated heterocycles. The molecule has 1 aliphatic rings. The predicted octanol–water partition coefficient (Wildman–Crippen LogP) is -3.25. The molecule has 72 valence electrons. The van der Waals surface area contributed by atoms with E-state index < -0.39 is 30.6 Å². The van der Waals surface area contributed by atoms with Crippen molar-refractivity contribution in [1.29, 1.82) is 0 Å². The van der Waals surface area contributed by atoms with E-state index in [4.69, 9.17) is 15.6 Å². The van der Waals surface area contributed by atoms with Gasteiger partial charge < -0.3 is 30.9 Å². The molecule has 0 bridgehead atoms. The van der Waals surface area contributed by atoms with Crippen LogP contribution < -0.4 is 5.73 Å². The normalized spacial score (nSPS) is 41.2. The van der Waals surface area contributed by atoms with Crippen molar-refractivity contribution in [3.63, 3.8) is 0 Å². The summed E-state index contributed by atoms with van der Waals surface area (Å²) in [5.74, 6) is -2.47. The van der Waals surface area contributed by atoms with Gasteiger partial charge in [-0.25, -0.2) is 0 Å². The second-order valence-electron chi connectivity index (χ2n) is 2.90. The van der Waals surface area contributed by atoms with Gasteiger partial charge in [-0.2, -0.15) is 0 Å². The van der Waals surface area contributed by atoms with Crippen LogP contribution in [0, 0.1) is 0 Å². The molecule has 1 rings (SSSR count). The number of nitrogens with two attached hydrogens (primary N) is 1. The molecular weight excluding hydrogens is 166 g/mol. The summed E-state index contributed by atoms with van der Waals surface area (Å²) in [6, 6.07) is -0.845. The Kier molecular flexibility index (Phi) is 2.67. The molecule has 1 fully saturated rings. The van der Waals surface area contributed by atoms with Crippen LogP contribution in [-0.4, -0.2) is 57.7 Å². The lowest BCUT2D eigenvalue weighted by atomic mass is 9.95. The Morgan fingerprint density at radius 2 is 2.08 bits per heavy atom. The summed E-state index contributed by atoms with van der Waals surface area (Å²) in [6.07, 6.45) is -2.70. The highest BCUT2D eigenvalue weighted by Gasteiger charge is 2.48. The second kappa shape index (κ2) is 3.25. The highest BCUT2D eigenvalue weighted by Crippen LogP contribution is 2.22. The Morgan fingerprint density at radius 1 is 1.50 bits per heavy atom. The van der Waals surface area contributed by atoms with Crippen molar-refractivity contribution in [2.75, 3.05) is 13.2 Å². The molecule has 0 aromatic carbocycles. The summed E-state index contributed by atoms with van der Waals surface area (Å²) < 4.78 is 4.79. The van der Waals surface area contributed by atoms with Crippen molar-refractivity contribution in [1.82, 2.24) is 0 Å². The van der Waals surface area contributed by atoms with E-state index in [0.717, 1.165) is 0 Å². The van der Waals surface area contributed by atoms with Crippen LogP contribution in [0.3, 0.4) is 0 Å². The lowest BCUT2D eigenvalue weighted by Crippen LogP contribution is -2.66. The van der Waals surface area contributed by atoms with Crippen LogP contribution in [0.5, 0.6) is 0 Å². The van der Waals surface area contributed by atoms with Gasteiger partial charge in [-0.3, -0.25) is 0 Å². The SMILES string of the molecule is N[C@H]1CO[C@H](CO)C(O)(O)[C@@H]1O. The average Bonchev–Trinajstić information content (AvgIpc) is 2.01. The zero-order valence-electron chi connectivity index (χ0n) is 6.42. The maximum atomic E-state index is 9.21. The molecule has 6 heteroatoms. The molecule has 6 N–H and O–H groups in total. The van der Waals surface area contributed by atoms with Gasteiger partial charge in [0.15, 0.2) is 0 Å². The topological polar surface area (TPSA) is 116 Å². The van der Waals surface area contributed by atoms with Gasteiger partial charge in [-0.1, -0.05) is 0 Å². The van der Waals surface area contributed by atoms with Crippen LogP contribution in [-0.2, 0) is 4.74 Å². The van der Waals surface area contributed by atoms with E-state index in [1.54, 1.807) is 0 Å². The highest BCUT2D eigenvalue weighted by atomic mass is 16.6. The van der Waals surface area contributed by atoms with Crippen molar-refractivity contribution in [3.8, 4) is 0 Å². The Labute approximate surface area is 69.2 Å². The standard InChI is InChI=1S/C6H13NO5/c7-3-2-12-4(1-8)6(10,11)5(3)9/h3-5,8-11H,1-2,7H2/t3-,4+,5+/m0/s1. The molecule has 1 aliphatic heterocycles. The minimum Gasteiger partial charge on any atom is -0.393 e. The maximum Gasteiger partial charge on any atom is 0.220 e. The zero-order chi connectivity index (χ0) is 9.35. The number of aliphatic hydroxyl groups excluding tert-OH is 2.